The second kappa shape index (κ2) is 13.9. The van der Waals surface area contributed by atoms with Crippen LogP contribution in [0.15, 0.2) is 108 Å². The molecule has 4 aromatic carbocycles. The van der Waals surface area contributed by atoms with E-state index in [2.05, 4.69) is 16.0 Å². The Hall–Kier alpha value is -5.22. The van der Waals surface area contributed by atoms with Crippen LogP contribution in [0, 0.1) is 24.0 Å². The van der Waals surface area contributed by atoms with Crippen LogP contribution in [0.2, 0.25) is 0 Å². The number of anilines is 2. The monoisotopic (exact) mass is 580 g/mol. The molecule has 0 atom stereocenters. The standard InChI is InChI=1S/C32H28N4O5S/c1-21-7-6-10-28(22(21)2)34-30(37)20-42-27-17-13-25(14-18-27)33-32(39)29(35-31(38)24-8-4-3-5-9-24)19-23-11-15-26(16-12-23)36(40)41/h3-19H,20H2,1-2H3,(H,33,39)(H,34,37)(H,35,38)/b29-19-. The SMILES string of the molecule is Cc1cccc(NC(=O)CSc2ccc(NC(=O)/C(=C/c3ccc([N+](=O)[O-])cc3)NC(=O)c3ccccc3)cc2)c1C. The van der Waals surface area contributed by atoms with Gasteiger partial charge in [-0.15, -0.1) is 11.8 Å². The van der Waals surface area contributed by atoms with Gasteiger partial charge < -0.3 is 16.0 Å². The smallest absolute Gasteiger partial charge is 0.272 e. The Labute approximate surface area is 247 Å². The average Bonchev–Trinajstić information content (AvgIpc) is 2.99. The van der Waals surface area contributed by atoms with Gasteiger partial charge in [-0.2, -0.15) is 0 Å². The number of rotatable bonds is 10. The van der Waals surface area contributed by atoms with E-state index < -0.39 is 16.7 Å². The van der Waals surface area contributed by atoms with Crippen molar-refractivity contribution in [1.29, 1.82) is 0 Å². The fourth-order valence-electron chi connectivity index (χ4n) is 3.86. The first kappa shape index (κ1) is 29.8. The summed E-state index contributed by atoms with van der Waals surface area (Å²) in [5.74, 6) is -0.968. The third kappa shape index (κ3) is 8.15. The molecule has 0 fully saturated rings. The van der Waals surface area contributed by atoms with E-state index in [-0.39, 0.29) is 23.0 Å². The zero-order valence-electron chi connectivity index (χ0n) is 22.9. The van der Waals surface area contributed by atoms with Gasteiger partial charge in [0, 0.05) is 34.0 Å². The van der Waals surface area contributed by atoms with Crippen LogP contribution in [0.5, 0.6) is 0 Å². The number of nitro groups is 1. The number of thioether (sulfide) groups is 1. The fourth-order valence-corrected chi connectivity index (χ4v) is 4.55. The van der Waals surface area contributed by atoms with Gasteiger partial charge in [0.05, 0.1) is 10.7 Å². The van der Waals surface area contributed by atoms with E-state index >= 15 is 0 Å². The summed E-state index contributed by atoms with van der Waals surface area (Å²) in [4.78, 5) is 49.8. The molecule has 0 radical (unpaired) electrons. The van der Waals surface area contributed by atoms with E-state index in [9.17, 15) is 24.5 Å². The highest BCUT2D eigenvalue weighted by atomic mass is 32.2. The topological polar surface area (TPSA) is 130 Å². The molecule has 3 amide bonds. The van der Waals surface area contributed by atoms with Crippen LogP contribution in [-0.4, -0.2) is 28.4 Å². The van der Waals surface area contributed by atoms with Crippen molar-refractivity contribution >= 4 is 52.6 Å². The molecule has 10 heteroatoms. The molecule has 0 aromatic heterocycles. The lowest BCUT2D eigenvalue weighted by Gasteiger charge is -2.12. The molecule has 0 spiro atoms. The lowest BCUT2D eigenvalue weighted by Crippen LogP contribution is -2.30. The van der Waals surface area contributed by atoms with Crippen LogP contribution in [0.1, 0.15) is 27.0 Å². The number of aryl methyl sites for hydroxylation is 1. The number of carbonyl (C=O) groups is 3. The Kier molecular flexibility index (Phi) is 9.85. The van der Waals surface area contributed by atoms with Crippen molar-refractivity contribution in [3.05, 3.63) is 135 Å². The molecule has 9 nitrogen and oxygen atoms in total. The Morgan fingerprint density at radius 1 is 0.833 bits per heavy atom. The largest absolute Gasteiger partial charge is 0.325 e. The molecule has 42 heavy (non-hydrogen) atoms. The van der Waals surface area contributed by atoms with Crippen molar-refractivity contribution in [1.82, 2.24) is 5.32 Å². The molecular formula is C32H28N4O5S. The molecule has 0 aliphatic rings. The van der Waals surface area contributed by atoms with Crippen LogP contribution in [0.3, 0.4) is 0 Å². The number of nitrogens with zero attached hydrogens (tertiary/aromatic N) is 1. The third-order valence-corrected chi connectivity index (χ3v) is 7.32. The van der Waals surface area contributed by atoms with E-state index in [0.717, 1.165) is 21.7 Å². The summed E-state index contributed by atoms with van der Waals surface area (Å²) in [6.07, 6.45) is 1.44. The molecule has 0 aliphatic carbocycles. The van der Waals surface area contributed by atoms with Gasteiger partial charge in [0.25, 0.3) is 17.5 Å². The summed E-state index contributed by atoms with van der Waals surface area (Å²) >= 11 is 1.36. The first-order valence-corrected chi connectivity index (χ1v) is 13.9. The minimum absolute atomic E-state index is 0.0423. The van der Waals surface area contributed by atoms with Gasteiger partial charge in [0.1, 0.15) is 5.70 Å². The molecule has 0 bridgehead atoms. The zero-order valence-corrected chi connectivity index (χ0v) is 23.7. The predicted octanol–water partition coefficient (Wildman–Crippen LogP) is 6.35. The van der Waals surface area contributed by atoms with Crippen LogP contribution < -0.4 is 16.0 Å². The molecule has 3 N–H and O–H groups in total. The van der Waals surface area contributed by atoms with Gasteiger partial charge >= 0.3 is 0 Å². The molecule has 0 aliphatic heterocycles. The van der Waals surface area contributed by atoms with Crippen molar-refractivity contribution in [2.24, 2.45) is 0 Å². The van der Waals surface area contributed by atoms with Crippen LogP contribution in [0.4, 0.5) is 17.1 Å². The molecule has 0 unspecified atom stereocenters. The minimum Gasteiger partial charge on any atom is -0.325 e. The Balaban J connectivity index is 1.42. The number of hydrogen-bond acceptors (Lipinski definition) is 6. The number of nitro benzene ring substituents is 1. The summed E-state index contributed by atoms with van der Waals surface area (Å²) in [7, 11) is 0. The van der Waals surface area contributed by atoms with Crippen molar-refractivity contribution in [2.75, 3.05) is 16.4 Å². The molecule has 0 saturated heterocycles. The van der Waals surface area contributed by atoms with Gasteiger partial charge in [0.2, 0.25) is 5.91 Å². The van der Waals surface area contributed by atoms with E-state index in [0.29, 0.717) is 16.8 Å². The Morgan fingerprint density at radius 2 is 1.52 bits per heavy atom. The molecular weight excluding hydrogens is 552 g/mol. The molecule has 0 saturated carbocycles. The van der Waals surface area contributed by atoms with Gasteiger partial charge in [0.15, 0.2) is 0 Å². The van der Waals surface area contributed by atoms with Crippen LogP contribution in [0.25, 0.3) is 6.08 Å². The number of nitrogens with one attached hydrogen (secondary N) is 3. The fraction of sp³-hybridized carbons (Fsp3) is 0.0938. The van der Waals surface area contributed by atoms with Crippen molar-refractivity contribution in [2.45, 2.75) is 18.7 Å². The highest BCUT2D eigenvalue weighted by molar-refractivity contribution is 8.00. The van der Waals surface area contributed by atoms with Gasteiger partial charge in [-0.05, 0) is 91.2 Å². The second-order valence-electron chi connectivity index (χ2n) is 9.29. The molecule has 4 rings (SSSR count). The zero-order chi connectivity index (χ0) is 30.1. The number of benzene rings is 4. The first-order valence-electron chi connectivity index (χ1n) is 12.9. The maximum Gasteiger partial charge on any atom is 0.272 e. The predicted molar refractivity (Wildman–Crippen MR) is 165 cm³/mol. The summed E-state index contributed by atoms with van der Waals surface area (Å²) in [5, 5.41) is 19.3. The lowest BCUT2D eigenvalue weighted by molar-refractivity contribution is -0.384. The van der Waals surface area contributed by atoms with Crippen LogP contribution in [-0.2, 0) is 9.59 Å². The second-order valence-corrected chi connectivity index (χ2v) is 10.3. The average molecular weight is 581 g/mol. The van der Waals surface area contributed by atoms with Crippen LogP contribution >= 0.6 is 11.8 Å². The Morgan fingerprint density at radius 3 is 2.19 bits per heavy atom. The summed E-state index contributed by atoms with van der Waals surface area (Å²) in [5.41, 5.74) is 4.11. The summed E-state index contributed by atoms with van der Waals surface area (Å²) in [6.45, 7) is 3.95. The number of non-ortho nitro benzene ring substituents is 1. The highest BCUT2D eigenvalue weighted by Gasteiger charge is 2.16. The lowest BCUT2D eigenvalue weighted by atomic mass is 10.1. The third-order valence-electron chi connectivity index (χ3n) is 6.30. The summed E-state index contributed by atoms with van der Waals surface area (Å²) < 4.78 is 0. The van der Waals surface area contributed by atoms with Gasteiger partial charge in [-0.3, -0.25) is 24.5 Å². The van der Waals surface area contributed by atoms with Crippen molar-refractivity contribution in [3.63, 3.8) is 0 Å². The van der Waals surface area contributed by atoms with E-state index in [1.807, 2.05) is 32.0 Å². The molecule has 4 aromatic rings. The van der Waals surface area contributed by atoms with Gasteiger partial charge in [-0.1, -0.05) is 30.3 Å². The number of hydrogen-bond donors (Lipinski definition) is 3. The number of amides is 3. The Bertz CT molecular complexity index is 1640. The van der Waals surface area contributed by atoms with E-state index in [4.69, 9.17) is 0 Å². The molecule has 0 heterocycles. The van der Waals surface area contributed by atoms with E-state index in [1.165, 1.54) is 42.1 Å². The van der Waals surface area contributed by atoms with E-state index in [1.54, 1.807) is 54.6 Å². The summed E-state index contributed by atoms with van der Waals surface area (Å²) in [6, 6.07) is 26.8. The quantitative estimate of drug-likeness (QED) is 0.0867. The van der Waals surface area contributed by atoms with Crippen molar-refractivity contribution in [3.8, 4) is 0 Å². The minimum atomic E-state index is -0.578. The highest BCUT2D eigenvalue weighted by Crippen LogP contribution is 2.23. The van der Waals surface area contributed by atoms with Crippen molar-refractivity contribution < 1.29 is 19.3 Å². The normalized spacial score (nSPS) is 11.0. The molecule has 212 valence electrons. The maximum atomic E-state index is 13.2. The van der Waals surface area contributed by atoms with Gasteiger partial charge in [-0.25, -0.2) is 0 Å². The number of carbonyl (C=O) groups excluding carboxylic acids is 3. The maximum absolute atomic E-state index is 13.2. The first-order chi connectivity index (χ1) is 20.2.